The summed E-state index contributed by atoms with van der Waals surface area (Å²) in [4.78, 5) is 0. The van der Waals surface area contributed by atoms with E-state index < -0.39 is 0 Å². The molecule has 15 heavy (non-hydrogen) atoms. The molecule has 3 atom stereocenters. The van der Waals surface area contributed by atoms with E-state index >= 15 is 0 Å². The number of hydrogen-bond acceptors (Lipinski definition) is 0. The Morgan fingerprint density at radius 1 is 1.13 bits per heavy atom. The minimum atomic E-state index is 0.969. The third-order valence-corrected chi connectivity index (χ3v) is 6.14. The average Bonchev–Trinajstić information content (AvgIpc) is 2.80. The molecule has 0 spiro atoms. The first-order valence-corrected chi connectivity index (χ1v) is 7.93. The molecule has 1 fully saturated rings. The van der Waals surface area contributed by atoms with E-state index in [1.54, 1.807) is 0 Å². The standard InChI is InChI=1S/C14H24Si/c1-3-5-13(6-4-2)15-14-10-11-7-8-12(14)9-11/h7-8,11-14H,3-6,9-10H2,1-2H3. The molecule has 1 saturated carbocycles. The van der Waals surface area contributed by atoms with Gasteiger partial charge < -0.3 is 0 Å². The predicted molar refractivity (Wildman–Crippen MR) is 68.4 cm³/mol. The zero-order valence-electron chi connectivity index (χ0n) is 10.2. The Kier molecular flexibility index (Phi) is 4.07. The van der Waals surface area contributed by atoms with Crippen molar-refractivity contribution in [2.75, 3.05) is 0 Å². The van der Waals surface area contributed by atoms with Gasteiger partial charge in [-0.3, -0.25) is 0 Å². The molecule has 0 N–H and O–H groups in total. The summed E-state index contributed by atoms with van der Waals surface area (Å²) in [5.74, 6) is 1.95. The van der Waals surface area contributed by atoms with E-state index in [2.05, 4.69) is 26.0 Å². The molecule has 1 heteroatoms. The summed E-state index contributed by atoms with van der Waals surface area (Å²) in [6.07, 6.45) is 13.7. The van der Waals surface area contributed by atoms with Gasteiger partial charge in [0, 0.05) is 9.52 Å². The summed E-state index contributed by atoms with van der Waals surface area (Å²) in [6, 6.07) is 0. The maximum Gasteiger partial charge on any atom is 0.0455 e. The monoisotopic (exact) mass is 220 g/mol. The van der Waals surface area contributed by atoms with Crippen molar-refractivity contribution in [3.05, 3.63) is 12.2 Å². The van der Waals surface area contributed by atoms with Gasteiger partial charge in [0.15, 0.2) is 0 Å². The van der Waals surface area contributed by atoms with Crippen LogP contribution in [0.1, 0.15) is 52.4 Å². The van der Waals surface area contributed by atoms with Crippen molar-refractivity contribution < 1.29 is 0 Å². The first-order chi connectivity index (χ1) is 7.33. The molecule has 2 rings (SSSR count). The second kappa shape index (κ2) is 5.34. The fraction of sp³-hybridized carbons (Fsp3) is 0.857. The molecule has 2 bridgehead atoms. The highest BCUT2D eigenvalue weighted by molar-refractivity contribution is 6.40. The van der Waals surface area contributed by atoms with Gasteiger partial charge in [0.25, 0.3) is 0 Å². The van der Waals surface area contributed by atoms with E-state index in [0.29, 0.717) is 0 Å². The van der Waals surface area contributed by atoms with Crippen molar-refractivity contribution in [2.24, 2.45) is 11.8 Å². The van der Waals surface area contributed by atoms with Crippen LogP contribution in [0.15, 0.2) is 12.2 Å². The molecule has 0 aromatic rings. The molecule has 3 unspecified atom stereocenters. The number of fused-ring (bicyclic) bond motifs is 2. The van der Waals surface area contributed by atoms with Crippen LogP contribution in [0, 0.1) is 11.8 Å². The molecule has 0 aromatic carbocycles. The van der Waals surface area contributed by atoms with E-state index in [9.17, 15) is 0 Å². The van der Waals surface area contributed by atoms with Gasteiger partial charge in [0.05, 0.1) is 0 Å². The summed E-state index contributed by atoms with van der Waals surface area (Å²) < 4.78 is 0. The number of allylic oxidation sites excluding steroid dienone is 2. The van der Waals surface area contributed by atoms with Crippen molar-refractivity contribution >= 4 is 9.52 Å². The molecule has 2 aliphatic carbocycles. The lowest BCUT2D eigenvalue weighted by atomic mass is 10.1. The van der Waals surface area contributed by atoms with Gasteiger partial charge in [0.1, 0.15) is 0 Å². The highest BCUT2D eigenvalue weighted by atomic mass is 28.2. The smallest absolute Gasteiger partial charge is 0.0455 e. The van der Waals surface area contributed by atoms with Gasteiger partial charge >= 0.3 is 0 Å². The summed E-state index contributed by atoms with van der Waals surface area (Å²) in [6.45, 7) is 4.68. The quantitative estimate of drug-likeness (QED) is 0.458. The lowest BCUT2D eigenvalue weighted by Gasteiger charge is -2.23. The molecule has 2 aliphatic rings. The van der Waals surface area contributed by atoms with Crippen molar-refractivity contribution in [3.8, 4) is 0 Å². The summed E-state index contributed by atoms with van der Waals surface area (Å²) in [5.41, 5.74) is 2.13. The van der Waals surface area contributed by atoms with Crippen molar-refractivity contribution in [1.82, 2.24) is 0 Å². The highest BCUT2D eigenvalue weighted by Gasteiger charge is 2.36. The van der Waals surface area contributed by atoms with Crippen molar-refractivity contribution in [3.63, 3.8) is 0 Å². The van der Waals surface area contributed by atoms with Crippen LogP contribution in [-0.4, -0.2) is 9.52 Å². The van der Waals surface area contributed by atoms with Crippen LogP contribution in [0.3, 0.4) is 0 Å². The van der Waals surface area contributed by atoms with Crippen LogP contribution in [0.2, 0.25) is 11.1 Å². The van der Waals surface area contributed by atoms with E-state index in [4.69, 9.17) is 0 Å². The van der Waals surface area contributed by atoms with Crippen LogP contribution in [0.4, 0.5) is 0 Å². The van der Waals surface area contributed by atoms with Gasteiger partial charge in [0.2, 0.25) is 0 Å². The Morgan fingerprint density at radius 3 is 2.33 bits per heavy atom. The molecule has 0 saturated heterocycles. The molecule has 0 heterocycles. The Morgan fingerprint density at radius 2 is 1.87 bits per heavy atom. The maximum atomic E-state index is 2.51. The van der Waals surface area contributed by atoms with Gasteiger partial charge in [-0.2, -0.15) is 0 Å². The number of rotatable bonds is 6. The highest BCUT2D eigenvalue weighted by Crippen LogP contribution is 2.48. The van der Waals surface area contributed by atoms with Crippen molar-refractivity contribution in [1.29, 1.82) is 0 Å². The zero-order chi connectivity index (χ0) is 10.7. The predicted octanol–water partition coefficient (Wildman–Crippen LogP) is 4.46. The third-order valence-electron chi connectivity index (χ3n) is 4.00. The summed E-state index contributed by atoms with van der Waals surface area (Å²) in [7, 11) is 1.26. The van der Waals surface area contributed by atoms with E-state index in [0.717, 1.165) is 22.9 Å². The van der Waals surface area contributed by atoms with E-state index in [1.165, 1.54) is 48.0 Å². The molecule has 0 amide bonds. The van der Waals surface area contributed by atoms with Gasteiger partial charge in [-0.1, -0.05) is 51.7 Å². The lowest BCUT2D eigenvalue weighted by molar-refractivity contribution is 0.616. The fourth-order valence-corrected chi connectivity index (χ4v) is 5.73. The largest absolute Gasteiger partial charge is 0.0851 e. The minimum absolute atomic E-state index is 0.969. The maximum absolute atomic E-state index is 2.51. The average molecular weight is 220 g/mol. The fourth-order valence-electron chi connectivity index (χ4n) is 3.28. The van der Waals surface area contributed by atoms with Crippen LogP contribution in [0.25, 0.3) is 0 Å². The first kappa shape index (κ1) is 11.4. The molecule has 0 nitrogen and oxygen atoms in total. The molecule has 0 aliphatic heterocycles. The summed E-state index contributed by atoms with van der Waals surface area (Å²) in [5, 5.41) is 0. The third kappa shape index (κ3) is 2.75. The van der Waals surface area contributed by atoms with Gasteiger partial charge in [-0.25, -0.2) is 0 Å². The SMILES string of the molecule is CCCC(CCC)[Si]C1CC2C=CC1C2. The topological polar surface area (TPSA) is 0 Å². The Bertz CT molecular complexity index is 215. The molecule has 84 valence electrons. The number of hydrogen-bond donors (Lipinski definition) is 0. The molecule has 2 radical (unpaired) electrons. The van der Waals surface area contributed by atoms with E-state index in [-0.39, 0.29) is 0 Å². The molecular weight excluding hydrogens is 196 g/mol. The van der Waals surface area contributed by atoms with Gasteiger partial charge in [-0.15, -0.1) is 0 Å². The van der Waals surface area contributed by atoms with Crippen LogP contribution < -0.4 is 0 Å². The van der Waals surface area contributed by atoms with Gasteiger partial charge in [-0.05, 0) is 35.8 Å². The van der Waals surface area contributed by atoms with E-state index in [1.807, 2.05) is 0 Å². The lowest BCUT2D eigenvalue weighted by Crippen LogP contribution is -2.15. The second-order valence-corrected chi connectivity index (χ2v) is 7.22. The molecule has 0 aromatic heterocycles. The van der Waals surface area contributed by atoms with Crippen LogP contribution in [0.5, 0.6) is 0 Å². The first-order valence-electron chi connectivity index (χ1n) is 6.77. The Hall–Kier alpha value is -0.0431. The van der Waals surface area contributed by atoms with Crippen LogP contribution in [-0.2, 0) is 0 Å². The molecular formula is C14H24Si. The normalized spacial score (nSPS) is 33.1. The second-order valence-electron chi connectivity index (χ2n) is 5.33. The summed E-state index contributed by atoms with van der Waals surface area (Å²) >= 11 is 0. The Balaban J connectivity index is 1.81. The van der Waals surface area contributed by atoms with Crippen molar-refractivity contribution in [2.45, 2.75) is 63.5 Å². The Labute approximate surface area is 97.4 Å². The van der Waals surface area contributed by atoms with Crippen LogP contribution >= 0.6 is 0 Å². The minimum Gasteiger partial charge on any atom is -0.0851 e. The zero-order valence-corrected chi connectivity index (χ0v) is 11.2.